The average molecular weight is 334 g/mol. The molecule has 0 saturated heterocycles. The molecule has 1 aromatic carbocycles. The van der Waals surface area contributed by atoms with E-state index in [1.807, 2.05) is 6.07 Å². The van der Waals surface area contributed by atoms with E-state index in [9.17, 15) is 4.39 Å². The molecule has 134 valence electrons. The van der Waals surface area contributed by atoms with Crippen LogP contribution in [0.25, 0.3) is 0 Å². The van der Waals surface area contributed by atoms with Gasteiger partial charge in [-0.1, -0.05) is 31.4 Å². The molecule has 0 aromatic heterocycles. The van der Waals surface area contributed by atoms with Crippen LogP contribution in [0.2, 0.25) is 0 Å². The number of hydrogen-bond donors (Lipinski definition) is 2. The quantitative estimate of drug-likeness (QED) is 0.457. The van der Waals surface area contributed by atoms with Crippen molar-refractivity contribution in [2.45, 2.75) is 51.1 Å². The van der Waals surface area contributed by atoms with Crippen LogP contribution >= 0.6 is 0 Å². The van der Waals surface area contributed by atoms with E-state index >= 15 is 0 Å². The highest BCUT2D eigenvalue weighted by Crippen LogP contribution is 2.21. The van der Waals surface area contributed by atoms with Crippen molar-refractivity contribution in [3.8, 4) is 0 Å². The third-order valence-corrected chi connectivity index (χ3v) is 4.75. The lowest BCUT2D eigenvalue weighted by Gasteiger charge is -2.31. The zero-order valence-electron chi connectivity index (χ0n) is 15.0. The van der Waals surface area contributed by atoms with E-state index < -0.39 is 0 Å². The first-order chi connectivity index (χ1) is 11.7. The maximum absolute atomic E-state index is 13.2. The summed E-state index contributed by atoms with van der Waals surface area (Å²) >= 11 is 0. The monoisotopic (exact) mass is 334 g/mol. The summed E-state index contributed by atoms with van der Waals surface area (Å²) in [5.41, 5.74) is 0.912. The number of guanidine groups is 1. The van der Waals surface area contributed by atoms with Crippen LogP contribution in [0, 0.1) is 5.82 Å². The molecule has 1 aromatic rings. The van der Waals surface area contributed by atoms with Crippen LogP contribution < -0.4 is 10.6 Å². The number of nitrogens with zero attached hydrogens (tertiary/aromatic N) is 2. The molecule has 0 atom stereocenters. The third kappa shape index (κ3) is 6.48. The standard InChI is InChI=1S/C19H31FN4/c1-21-19(23-15-16-8-6-9-17(20)14-16)22-12-7-13-24(2)18-10-4-3-5-11-18/h6,8-9,14,18H,3-5,7,10-13,15H2,1-2H3,(H2,21,22,23). The number of nitrogens with one attached hydrogen (secondary N) is 2. The van der Waals surface area contributed by atoms with Crippen LogP contribution in [0.1, 0.15) is 44.1 Å². The SMILES string of the molecule is CN=C(NCCCN(C)C1CCCCC1)NCc1cccc(F)c1. The molecule has 0 unspecified atom stereocenters. The Labute approximate surface area is 145 Å². The van der Waals surface area contributed by atoms with Crippen LogP contribution in [-0.4, -0.2) is 44.1 Å². The lowest BCUT2D eigenvalue weighted by atomic mass is 9.94. The number of rotatable bonds is 7. The number of benzene rings is 1. The molecule has 2 N–H and O–H groups in total. The van der Waals surface area contributed by atoms with E-state index in [0.29, 0.717) is 6.54 Å². The van der Waals surface area contributed by atoms with Gasteiger partial charge in [-0.15, -0.1) is 0 Å². The maximum atomic E-state index is 13.2. The predicted octanol–water partition coefficient (Wildman–Crippen LogP) is 3.15. The average Bonchev–Trinajstić information content (AvgIpc) is 2.61. The zero-order chi connectivity index (χ0) is 17.2. The van der Waals surface area contributed by atoms with E-state index in [4.69, 9.17) is 0 Å². The van der Waals surface area contributed by atoms with E-state index in [0.717, 1.165) is 37.1 Å². The molecule has 1 fully saturated rings. The van der Waals surface area contributed by atoms with Gasteiger partial charge in [0.25, 0.3) is 0 Å². The Bertz CT molecular complexity index is 512. The lowest BCUT2D eigenvalue weighted by Crippen LogP contribution is -2.39. The minimum absolute atomic E-state index is 0.206. The van der Waals surface area contributed by atoms with Crippen LogP contribution in [0.4, 0.5) is 4.39 Å². The molecule has 2 rings (SSSR count). The van der Waals surface area contributed by atoms with Crippen molar-refractivity contribution in [1.82, 2.24) is 15.5 Å². The summed E-state index contributed by atoms with van der Waals surface area (Å²) in [7, 11) is 4.00. The Balaban J connectivity index is 1.62. The normalized spacial score (nSPS) is 16.4. The van der Waals surface area contributed by atoms with E-state index in [2.05, 4.69) is 27.6 Å². The molecule has 0 radical (unpaired) electrons. The Kier molecular flexibility index (Phi) is 8.02. The fourth-order valence-electron chi connectivity index (χ4n) is 3.29. The second-order valence-electron chi connectivity index (χ2n) is 6.61. The van der Waals surface area contributed by atoms with Gasteiger partial charge in [-0.3, -0.25) is 4.99 Å². The molecule has 24 heavy (non-hydrogen) atoms. The first kappa shape index (κ1) is 18.7. The molecule has 0 aliphatic heterocycles. The number of aliphatic imine (C=N–C) groups is 1. The maximum Gasteiger partial charge on any atom is 0.191 e. The van der Waals surface area contributed by atoms with Crippen LogP contribution in [-0.2, 0) is 6.54 Å². The summed E-state index contributed by atoms with van der Waals surface area (Å²) in [4.78, 5) is 6.72. The largest absolute Gasteiger partial charge is 0.356 e. The molecule has 0 amide bonds. The summed E-state index contributed by atoms with van der Waals surface area (Å²) in [6.07, 6.45) is 7.95. The highest BCUT2D eigenvalue weighted by molar-refractivity contribution is 5.79. The second kappa shape index (κ2) is 10.3. The van der Waals surface area contributed by atoms with Crippen molar-refractivity contribution >= 4 is 5.96 Å². The summed E-state index contributed by atoms with van der Waals surface area (Å²) in [6.45, 7) is 2.57. The zero-order valence-corrected chi connectivity index (χ0v) is 15.0. The van der Waals surface area contributed by atoms with Crippen LogP contribution in [0.3, 0.4) is 0 Å². The van der Waals surface area contributed by atoms with Gasteiger partial charge < -0.3 is 15.5 Å². The Morgan fingerprint density at radius 1 is 1.25 bits per heavy atom. The predicted molar refractivity (Wildman–Crippen MR) is 98.7 cm³/mol. The van der Waals surface area contributed by atoms with Crippen molar-refractivity contribution < 1.29 is 4.39 Å². The summed E-state index contributed by atoms with van der Waals surface area (Å²) in [6, 6.07) is 7.40. The highest BCUT2D eigenvalue weighted by atomic mass is 19.1. The van der Waals surface area contributed by atoms with Crippen molar-refractivity contribution in [1.29, 1.82) is 0 Å². The number of hydrogen-bond acceptors (Lipinski definition) is 2. The lowest BCUT2D eigenvalue weighted by molar-refractivity contribution is 0.190. The van der Waals surface area contributed by atoms with Crippen LogP contribution in [0.5, 0.6) is 0 Å². The fourth-order valence-corrected chi connectivity index (χ4v) is 3.29. The van der Waals surface area contributed by atoms with E-state index in [-0.39, 0.29) is 5.82 Å². The van der Waals surface area contributed by atoms with Gasteiger partial charge in [0, 0.05) is 26.2 Å². The second-order valence-corrected chi connectivity index (χ2v) is 6.61. The summed E-state index contributed by atoms with van der Waals surface area (Å²) in [5.74, 6) is 0.558. The number of halogens is 1. The van der Waals surface area contributed by atoms with Gasteiger partial charge in [0.1, 0.15) is 5.82 Å². The minimum atomic E-state index is -0.206. The van der Waals surface area contributed by atoms with Crippen molar-refractivity contribution in [3.63, 3.8) is 0 Å². The molecule has 1 aliphatic carbocycles. The van der Waals surface area contributed by atoms with Gasteiger partial charge in [-0.2, -0.15) is 0 Å². The fraction of sp³-hybridized carbons (Fsp3) is 0.632. The van der Waals surface area contributed by atoms with Gasteiger partial charge >= 0.3 is 0 Å². The molecule has 4 nitrogen and oxygen atoms in total. The topological polar surface area (TPSA) is 39.7 Å². The van der Waals surface area contributed by atoms with Gasteiger partial charge in [-0.25, -0.2) is 4.39 Å². The highest BCUT2D eigenvalue weighted by Gasteiger charge is 2.17. The minimum Gasteiger partial charge on any atom is -0.356 e. The van der Waals surface area contributed by atoms with E-state index in [1.165, 1.54) is 38.2 Å². The van der Waals surface area contributed by atoms with Crippen LogP contribution in [0.15, 0.2) is 29.3 Å². The van der Waals surface area contributed by atoms with Crippen molar-refractivity contribution in [3.05, 3.63) is 35.6 Å². The Morgan fingerprint density at radius 3 is 2.75 bits per heavy atom. The van der Waals surface area contributed by atoms with Gasteiger partial charge in [0.2, 0.25) is 0 Å². The smallest absolute Gasteiger partial charge is 0.191 e. The molecular weight excluding hydrogens is 303 g/mol. The van der Waals surface area contributed by atoms with Crippen molar-refractivity contribution in [2.75, 3.05) is 27.2 Å². The first-order valence-electron chi connectivity index (χ1n) is 9.08. The molecule has 5 heteroatoms. The van der Waals surface area contributed by atoms with E-state index in [1.54, 1.807) is 19.2 Å². The van der Waals surface area contributed by atoms with Gasteiger partial charge in [-0.05, 0) is 50.6 Å². The Hall–Kier alpha value is -1.62. The van der Waals surface area contributed by atoms with Gasteiger partial charge in [0.15, 0.2) is 5.96 Å². The third-order valence-electron chi connectivity index (χ3n) is 4.75. The molecule has 1 saturated carbocycles. The molecule has 0 bridgehead atoms. The van der Waals surface area contributed by atoms with Crippen molar-refractivity contribution in [2.24, 2.45) is 4.99 Å². The molecule has 0 heterocycles. The van der Waals surface area contributed by atoms with Gasteiger partial charge in [0.05, 0.1) is 0 Å². The molecule has 0 spiro atoms. The first-order valence-corrected chi connectivity index (χ1v) is 9.08. The Morgan fingerprint density at radius 2 is 2.04 bits per heavy atom. The summed E-state index contributed by atoms with van der Waals surface area (Å²) < 4.78 is 13.2. The summed E-state index contributed by atoms with van der Waals surface area (Å²) in [5, 5.41) is 6.55. The molecular formula is C19H31FN4. The molecule has 1 aliphatic rings.